The van der Waals surface area contributed by atoms with Crippen LogP contribution in [-0.2, 0) is 27.2 Å². The fourth-order valence-electron chi connectivity index (χ4n) is 1.95. The summed E-state index contributed by atoms with van der Waals surface area (Å²) in [5, 5.41) is 3.23. The van der Waals surface area contributed by atoms with E-state index in [1.165, 1.54) is 17.7 Å². The van der Waals surface area contributed by atoms with Gasteiger partial charge in [0.25, 0.3) is 5.56 Å². The third-order valence-electron chi connectivity index (χ3n) is 3.39. The predicted octanol–water partition coefficient (Wildman–Crippen LogP) is 0.0772. The van der Waals surface area contributed by atoms with Gasteiger partial charge in [-0.3, -0.25) is 18.9 Å². The molecule has 2 heterocycles. The first-order valence-corrected chi connectivity index (χ1v) is 6.37. The minimum atomic E-state index is -0.313. The Balaban J connectivity index is 2.11. The highest BCUT2D eigenvalue weighted by Crippen LogP contribution is 2.04. The van der Waals surface area contributed by atoms with Crippen molar-refractivity contribution in [3.8, 4) is 0 Å². The molecular formula is C14H18N4O2. The summed E-state index contributed by atoms with van der Waals surface area (Å²) in [5.41, 5.74) is 2.32. The average Bonchev–Trinajstić information content (AvgIpc) is 2.44. The van der Waals surface area contributed by atoms with Crippen molar-refractivity contribution in [1.29, 1.82) is 0 Å². The molecule has 0 aliphatic rings. The van der Waals surface area contributed by atoms with Gasteiger partial charge in [0.05, 0.1) is 0 Å². The molecule has 0 bridgehead atoms. The number of hydrogen-bond acceptors (Lipinski definition) is 4. The van der Waals surface area contributed by atoms with Gasteiger partial charge in [0.1, 0.15) is 0 Å². The average molecular weight is 274 g/mol. The van der Waals surface area contributed by atoms with E-state index in [0.717, 1.165) is 15.7 Å². The molecule has 2 rings (SSSR count). The number of hydrogen-bond donors (Lipinski definition) is 1. The van der Waals surface area contributed by atoms with Gasteiger partial charge in [-0.1, -0.05) is 0 Å². The first-order chi connectivity index (χ1) is 9.50. The van der Waals surface area contributed by atoms with Crippen molar-refractivity contribution in [3.05, 3.63) is 62.2 Å². The van der Waals surface area contributed by atoms with Crippen molar-refractivity contribution in [1.82, 2.24) is 19.4 Å². The molecule has 0 atom stereocenters. The maximum absolute atomic E-state index is 11.8. The van der Waals surface area contributed by atoms with Gasteiger partial charge in [-0.15, -0.1) is 0 Å². The van der Waals surface area contributed by atoms with E-state index in [1.54, 1.807) is 13.2 Å². The van der Waals surface area contributed by atoms with Gasteiger partial charge in [0.15, 0.2) is 0 Å². The molecule has 0 saturated heterocycles. The van der Waals surface area contributed by atoms with Crippen molar-refractivity contribution in [2.75, 3.05) is 0 Å². The lowest BCUT2D eigenvalue weighted by atomic mass is 10.1. The second-order valence-corrected chi connectivity index (χ2v) is 4.78. The number of rotatable bonds is 4. The van der Waals surface area contributed by atoms with Crippen LogP contribution in [0.2, 0.25) is 0 Å². The van der Waals surface area contributed by atoms with Crippen molar-refractivity contribution in [2.45, 2.75) is 20.0 Å². The molecule has 0 fully saturated rings. The summed E-state index contributed by atoms with van der Waals surface area (Å²) in [6, 6.07) is 3.43. The van der Waals surface area contributed by atoms with Gasteiger partial charge in [0.2, 0.25) is 0 Å². The van der Waals surface area contributed by atoms with Crippen LogP contribution in [0.3, 0.4) is 0 Å². The molecule has 0 aromatic carbocycles. The second-order valence-electron chi connectivity index (χ2n) is 4.78. The zero-order valence-corrected chi connectivity index (χ0v) is 11.9. The van der Waals surface area contributed by atoms with Crippen molar-refractivity contribution in [3.63, 3.8) is 0 Å². The van der Waals surface area contributed by atoms with Gasteiger partial charge in [-0.05, 0) is 24.1 Å². The molecular weight excluding hydrogens is 256 g/mol. The highest BCUT2D eigenvalue weighted by Gasteiger charge is 2.05. The van der Waals surface area contributed by atoms with E-state index in [4.69, 9.17) is 0 Å². The molecule has 0 spiro atoms. The molecule has 0 unspecified atom stereocenters. The van der Waals surface area contributed by atoms with E-state index in [9.17, 15) is 9.59 Å². The fraction of sp³-hybridized carbons (Fsp3) is 0.357. The van der Waals surface area contributed by atoms with Gasteiger partial charge in [0, 0.05) is 51.3 Å². The Morgan fingerprint density at radius 1 is 1.20 bits per heavy atom. The standard InChI is InChI=1S/C14H18N4O2/c1-10-4-5-15-7-11(10)8-16-9-12-6-13(19)18(3)14(20)17(12)2/h4-7,16H,8-9H2,1-3H3. The molecule has 0 amide bonds. The summed E-state index contributed by atoms with van der Waals surface area (Å²) in [7, 11) is 3.13. The van der Waals surface area contributed by atoms with E-state index in [1.807, 2.05) is 19.2 Å². The Bertz CT molecular complexity index is 731. The first kappa shape index (κ1) is 14.2. The lowest BCUT2D eigenvalue weighted by Crippen LogP contribution is -2.39. The molecule has 0 aliphatic carbocycles. The minimum Gasteiger partial charge on any atom is -0.307 e. The third-order valence-corrected chi connectivity index (χ3v) is 3.39. The van der Waals surface area contributed by atoms with Crippen LogP contribution < -0.4 is 16.6 Å². The van der Waals surface area contributed by atoms with Crippen molar-refractivity contribution in [2.24, 2.45) is 14.1 Å². The van der Waals surface area contributed by atoms with Crippen LogP contribution in [0.1, 0.15) is 16.8 Å². The second kappa shape index (κ2) is 5.83. The largest absolute Gasteiger partial charge is 0.330 e. The van der Waals surface area contributed by atoms with E-state index in [2.05, 4.69) is 10.3 Å². The maximum atomic E-state index is 11.8. The summed E-state index contributed by atoms with van der Waals surface area (Å²) in [5.74, 6) is 0. The van der Waals surface area contributed by atoms with Crippen LogP contribution in [0.5, 0.6) is 0 Å². The molecule has 1 N–H and O–H groups in total. The quantitative estimate of drug-likeness (QED) is 0.857. The molecule has 6 nitrogen and oxygen atoms in total. The third kappa shape index (κ3) is 2.85. The van der Waals surface area contributed by atoms with Crippen LogP contribution in [0, 0.1) is 6.92 Å². The first-order valence-electron chi connectivity index (χ1n) is 6.37. The maximum Gasteiger partial charge on any atom is 0.330 e. The Labute approximate surface area is 116 Å². The Hall–Kier alpha value is -2.21. The summed E-state index contributed by atoms with van der Waals surface area (Å²) in [4.78, 5) is 27.5. The molecule has 2 aromatic heterocycles. The Kier molecular flexibility index (Phi) is 4.14. The minimum absolute atomic E-state index is 0.289. The number of nitrogens with one attached hydrogen (secondary N) is 1. The van der Waals surface area contributed by atoms with Gasteiger partial charge < -0.3 is 5.32 Å². The molecule has 0 aliphatic heterocycles. The normalized spacial score (nSPS) is 10.8. The van der Waals surface area contributed by atoms with Crippen molar-refractivity contribution < 1.29 is 0 Å². The summed E-state index contributed by atoms with van der Waals surface area (Å²) < 4.78 is 2.57. The number of aromatic nitrogens is 3. The van der Waals surface area contributed by atoms with E-state index >= 15 is 0 Å². The molecule has 0 radical (unpaired) electrons. The number of aryl methyl sites for hydroxylation is 1. The Morgan fingerprint density at radius 2 is 1.95 bits per heavy atom. The van der Waals surface area contributed by atoms with Gasteiger partial charge in [-0.2, -0.15) is 0 Å². The summed E-state index contributed by atoms with van der Waals surface area (Å²) >= 11 is 0. The SMILES string of the molecule is Cc1ccncc1CNCc1cc(=O)n(C)c(=O)n1C. The van der Waals surface area contributed by atoms with E-state index in [-0.39, 0.29) is 11.2 Å². The summed E-state index contributed by atoms with van der Waals surface area (Å²) in [6.07, 6.45) is 3.56. The van der Waals surface area contributed by atoms with Gasteiger partial charge >= 0.3 is 5.69 Å². The van der Waals surface area contributed by atoms with Crippen LogP contribution in [0.25, 0.3) is 0 Å². The molecule has 0 saturated carbocycles. The van der Waals surface area contributed by atoms with Gasteiger partial charge in [-0.25, -0.2) is 4.79 Å². The lowest BCUT2D eigenvalue weighted by Gasteiger charge is -2.11. The number of pyridine rings is 1. The highest BCUT2D eigenvalue weighted by atomic mass is 16.2. The van der Waals surface area contributed by atoms with Crippen LogP contribution in [0.15, 0.2) is 34.1 Å². The number of nitrogens with zero attached hydrogens (tertiary/aromatic N) is 3. The molecule has 6 heteroatoms. The zero-order valence-electron chi connectivity index (χ0n) is 11.9. The smallest absolute Gasteiger partial charge is 0.307 e. The van der Waals surface area contributed by atoms with Crippen LogP contribution >= 0.6 is 0 Å². The summed E-state index contributed by atoms with van der Waals surface area (Å²) in [6.45, 7) is 3.12. The fourth-order valence-corrected chi connectivity index (χ4v) is 1.95. The Morgan fingerprint density at radius 3 is 2.65 bits per heavy atom. The highest BCUT2D eigenvalue weighted by molar-refractivity contribution is 5.21. The predicted molar refractivity (Wildman–Crippen MR) is 76.4 cm³/mol. The lowest BCUT2D eigenvalue weighted by molar-refractivity contribution is 0.599. The molecule has 106 valence electrons. The van der Waals surface area contributed by atoms with E-state index in [0.29, 0.717) is 18.8 Å². The van der Waals surface area contributed by atoms with Crippen LogP contribution in [0.4, 0.5) is 0 Å². The zero-order chi connectivity index (χ0) is 14.7. The molecule has 2 aromatic rings. The van der Waals surface area contributed by atoms with Crippen LogP contribution in [-0.4, -0.2) is 14.1 Å². The topological polar surface area (TPSA) is 68.9 Å². The monoisotopic (exact) mass is 274 g/mol. The molecule has 20 heavy (non-hydrogen) atoms. The van der Waals surface area contributed by atoms with Crippen molar-refractivity contribution >= 4 is 0 Å². The van der Waals surface area contributed by atoms with E-state index < -0.39 is 0 Å².